The summed E-state index contributed by atoms with van der Waals surface area (Å²) < 4.78 is 6.90. The van der Waals surface area contributed by atoms with Crippen molar-refractivity contribution in [3.05, 3.63) is 0 Å². The maximum atomic E-state index is 8.39. The Labute approximate surface area is 59.1 Å². The van der Waals surface area contributed by atoms with Gasteiger partial charge in [-0.15, -0.1) is 5.48 Å². The zero-order valence-corrected chi connectivity index (χ0v) is 5.71. The van der Waals surface area contributed by atoms with Crippen molar-refractivity contribution in [1.29, 1.82) is 0 Å². The molecular weight excluding hydrogens is 134 g/mol. The number of ether oxygens (including phenoxy) is 1. The van der Waals surface area contributed by atoms with E-state index in [1.165, 1.54) is 0 Å². The van der Waals surface area contributed by atoms with Crippen LogP contribution in [0.15, 0.2) is 0 Å². The smallest absolute Gasteiger partial charge is 0.371 e. The molecule has 1 rings (SSSR count). The van der Waals surface area contributed by atoms with Gasteiger partial charge in [0.2, 0.25) is 0 Å². The Hall–Kier alpha value is -0.810. The maximum absolute atomic E-state index is 8.39. The van der Waals surface area contributed by atoms with Crippen LogP contribution >= 0.6 is 0 Å². The third kappa shape index (κ3) is 1.58. The summed E-state index contributed by atoms with van der Waals surface area (Å²) in [6, 6.07) is 0. The minimum Gasteiger partial charge on any atom is -0.375 e. The molecule has 1 aliphatic heterocycles. The monoisotopic (exact) mass is 146 g/mol. The van der Waals surface area contributed by atoms with Crippen molar-refractivity contribution >= 4 is 5.96 Å². The van der Waals surface area contributed by atoms with E-state index in [1.807, 2.05) is 10.1 Å². The molecular formula is C5H12N3O2+. The van der Waals surface area contributed by atoms with Gasteiger partial charge in [0.25, 0.3) is 0 Å². The first-order valence-corrected chi connectivity index (χ1v) is 3.20. The molecule has 0 amide bonds. The first kappa shape index (κ1) is 7.30. The Morgan fingerprint density at radius 1 is 1.50 bits per heavy atom. The Bertz CT molecular complexity index is 138. The number of hydroxylamine groups is 1. The van der Waals surface area contributed by atoms with Gasteiger partial charge in [-0.05, 0) is 0 Å². The molecule has 0 spiro atoms. The molecule has 1 heterocycles. The highest BCUT2D eigenvalue weighted by Crippen LogP contribution is 1.87. The van der Waals surface area contributed by atoms with Gasteiger partial charge in [-0.2, -0.15) is 0 Å². The summed E-state index contributed by atoms with van der Waals surface area (Å²) >= 11 is 0. The Morgan fingerprint density at radius 2 is 2.10 bits per heavy atom. The van der Waals surface area contributed by atoms with Gasteiger partial charge in [0.1, 0.15) is 0 Å². The van der Waals surface area contributed by atoms with E-state index < -0.39 is 0 Å². The summed E-state index contributed by atoms with van der Waals surface area (Å²) in [6.07, 6.45) is 0. The minimum absolute atomic E-state index is 0.295. The zero-order valence-electron chi connectivity index (χ0n) is 5.71. The molecule has 0 saturated carbocycles. The van der Waals surface area contributed by atoms with Crippen LogP contribution in [0.5, 0.6) is 0 Å². The fraction of sp³-hybridized carbons (Fsp3) is 0.800. The van der Waals surface area contributed by atoms with E-state index in [0.717, 1.165) is 13.1 Å². The van der Waals surface area contributed by atoms with E-state index in [9.17, 15) is 0 Å². The zero-order chi connectivity index (χ0) is 7.40. The van der Waals surface area contributed by atoms with Gasteiger partial charge in [-0.1, -0.05) is 0 Å². The molecule has 58 valence electrons. The molecule has 1 aliphatic rings. The van der Waals surface area contributed by atoms with Gasteiger partial charge in [-0.3, -0.25) is 10.3 Å². The summed E-state index contributed by atoms with van der Waals surface area (Å²) in [5.74, 6) is 0.295. The van der Waals surface area contributed by atoms with E-state index in [0.29, 0.717) is 19.2 Å². The van der Waals surface area contributed by atoms with Gasteiger partial charge in [-0.25, -0.2) is 5.21 Å². The number of hydrogen-bond acceptors (Lipinski definition) is 2. The van der Waals surface area contributed by atoms with Gasteiger partial charge in [0.15, 0.2) is 0 Å². The van der Waals surface area contributed by atoms with Gasteiger partial charge < -0.3 is 4.74 Å². The molecule has 0 radical (unpaired) electrons. The van der Waals surface area contributed by atoms with Crippen molar-refractivity contribution in [2.45, 2.75) is 0 Å². The SMILES string of the molecule is NC(NO)=[N+]1CCOCC1. The standard InChI is InChI=1S/C5H11N3O2/c6-5(7-9)8-1-3-10-4-2-8/h1-4H2,(H3,6,7,9)/p+1. The lowest BCUT2D eigenvalue weighted by Crippen LogP contribution is -2.43. The number of hydrogen-bond donors (Lipinski definition) is 3. The van der Waals surface area contributed by atoms with Crippen LogP contribution in [0, 0.1) is 0 Å². The summed E-state index contributed by atoms with van der Waals surface area (Å²) in [4.78, 5) is 0. The average molecular weight is 146 g/mol. The number of nitrogens with two attached hydrogens (primary N) is 1. The molecule has 5 nitrogen and oxygen atoms in total. The van der Waals surface area contributed by atoms with E-state index in [-0.39, 0.29) is 0 Å². The van der Waals surface area contributed by atoms with Crippen LogP contribution in [0.2, 0.25) is 0 Å². The van der Waals surface area contributed by atoms with E-state index in [1.54, 1.807) is 0 Å². The fourth-order valence-corrected chi connectivity index (χ4v) is 0.875. The number of morpholine rings is 1. The summed E-state index contributed by atoms with van der Waals surface area (Å²) in [7, 11) is 0. The van der Waals surface area contributed by atoms with Crippen LogP contribution in [-0.2, 0) is 4.74 Å². The minimum atomic E-state index is 0.295. The molecule has 10 heavy (non-hydrogen) atoms. The molecule has 1 saturated heterocycles. The Morgan fingerprint density at radius 3 is 2.60 bits per heavy atom. The third-order valence-electron chi connectivity index (χ3n) is 1.47. The summed E-state index contributed by atoms with van der Waals surface area (Å²) in [5.41, 5.74) is 7.27. The first-order valence-electron chi connectivity index (χ1n) is 3.20. The lowest BCUT2D eigenvalue weighted by atomic mass is 10.5. The van der Waals surface area contributed by atoms with Crippen LogP contribution in [0.3, 0.4) is 0 Å². The molecule has 0 aromatic rings. The molecule has 0 atom stereocenters. The van der Waals surface area contributed by atoms with Crippen LogP contribution in [-0.4, -0.2) is 42.0 Å². The average Bonchev–Trinajstić information content (AvgIpc) is 2.05. The largest absolute Gasteiger partial charge is 0.375 e. The van der Waals surface area contributed by atoms with Gasteiger partial charge >= 0.3 is 5.96 Å². The highest BCUT2D eigenvalue weighted by molar-refractivity contribution is 5.71. The summed E-state index contributed by atoms with van der Waals surface area (Å²) in [5, 5.41) is 8.39. The molecule has 0 aromatic carbocycles. The van der Waals surface area contributed by atoms with E-state index >= 15 is 0 Å². The second-order valence-electron chi connectivity index (χ2n) is 2.10. The fourth-order valence-electron chi connectivity index (χ4n) is 0.875. The third-order valence-corrected chi connectivity index (χ3v) is 1.47. The number of nitrogens with one attached hydrogen (secondary N) is 1. The Balaban J connectivity index is 2.51. The topological polar surface area (TPSA) is 70.5 Å². The van der Waals surface area contributed by atoms with Crippen molar-refractivity contribution in [2.24, 2.45) is 5.73 Å². The van der Waals surface area contributed by atoms with Gasteiger partial charge in [0.05, 0.1) is 26.3 Å². The molecule has 0 bridgehead atoms. The molecule has 1 fully saturated rings. The number of nitrogens with zero attached hydrogens (tertiary/aromatic N) is 1. The van der Waals surface area contributed by atoms with Gasteiger partial charge in [0, 0.05) is 0 Å². The molecule has 4 N–H and O–H groups in total. The quantitative estimate of drug-likeness (QED) is 0.217. The first-order chi connectivity index (χ1) is 4.84. The predicted octanol–water partition coefficient (Wildman–Crippen LogP) is -1.68. The van der Waals surface area contributed by atoms with Crippen LogP contribution in [0.25, 0.3) is 0 Å². The highest BCUT2D eigenvalue weighted by atomic mass is 16.5. The molecule has 0 unspecified atom stereocenters. The van der Waals surface area contributed by atoms with Crippen LogP contribution < -0.4 is 11.2 Å². The van der Waals surface area contributed by atoms with Crippen molar-refractivity contribution in [3.63, 3.8) is 0 Å². The van der Waals surface area contributed by atoms with E-state index in [2.05, 4.69) is 0 Å². The second-order valence-corrected chi connectivity index (χ2v) is 2.10. The lowest BCUT2D eigenvalue weighted by Gasteiger charge is -2.15. The van der Waals surface area contributed by atoms with Crippen molar-refractivity contribution in [2.75, 3.05) is 26.3 Å². The molecule has 5 heteroatoms. The molecule has 0 aromatic heterocycles. The van der Waals surface area contributed by atoms with Crippen LogP contribution in [0.1, 0.15) is 0 Å². The van der Waals surface area contributed by atoms with Crippen molar-refractivity contribution < 1.29 is 14.5 Å². The Kier molecular flexibility index (Phi) is 2.47. The molecule has 0 aliphatic carbocycles. The van der Waals surface area contributed by atoms with E-state index in [4.69, 9.17) is 15.7 Å². The van der Waals surface area contributed by atoms with Crippen LogP contribution in [0.4, 0.5) is 0 Å². The maximum Gasteiger partial charge on any atom is 0.371 e. The normalized spacial score (nSPS) is 18.7. The van der Waals surface area contributed by atoms with Crippen molar-refractivity contribution in [3.8, 4) is 0 Å². The predicted molar refractivity (Wildman–Crippen MR) is 34.9 cm³/mol. The highest BCUT2D eigenvalue weighted by Gasteiger charge is 2.10. The number of rotatable bonds is 0. The second kappa shape index (κ2) is 3.38. The lowest BCUT2D eigenvalue weighted by molar-refractivity contribution is -0.553. The summed E-state index contributed by atoms with van der Waals surface area (Å²) in [6.45, 7) is 2.81. The number of guanidine groups is 1. The van der Waals surface area contributed by atoms with Crippen molar-refractivity contribution in [1.82, 2.24) is 5.48 Å².